The van der Waals surface area contributed by atoms with E-state index in [0.29, 0.717) is 5.56 Å². The number of nitrogen functional groups attached to an aromatic ring is 2. The van der Waals surface area contributed by atoms with Gasteiger partial charge >= 0.3 is 0 Å². The molecular formula is C6H8FN3. The van der Waals surface area contributed by atoms with Gasteiger partial charge in [0.2, 0.25) is 0 Å². The van der Waals surface area contributed by atoms with E-state index in [2.05, 4.69) is 4.98 Å². The molecule has 0 radical (unpaired) electrons. The number of pyridine rings is 1. The molecule has 0 unspecified atom stereocenters. The largest absolute Gasteiger partial charge is 0.396 e. The van der Waals surface area contributed by atoms with E-state index in [9.17, 15) is 4.39 Å². The maximum atomic E-state index is 12.7. The summed E-state index contributed by atoms with van der Waals surface area (Å²) in [6, 6.07) is 0. The summed E-state index contributed by atoms with van der Waals surface area (Å²) in [5.41, 5.74) is 11.1. The highest BCUT2D eigenvalue weighted by Gasteiger charge is 2.05. The van der Waals surface area contributed by atoms with Crippen LogP contribution in [0.1, 0.15) is 5.56 Å². The van der Waals surface area contributed by atoms with Crippen molar-refractivity contribution in [2.45, 2.75) is 6.92 Å². The monoisotopic (exact) mass is 141 g/mol. The highest BCUT2D eigenvalue weighted by molar-refractivity contribution is 5.53. The predicted octanol–water partition coefficient (Wildman–Crippen LogP) is 0.694. The van der Waals surface area contributed by atoms with Crippen LogP contribution in [-0.2, 0) is 0 Å². The molecule has 1 aromatic rings. The number of rotatable bonds is 0. The van der Waals surface area contributed by atoms with Crippen LogP contribution in [0, 0.1) is 12.7 Å². The van der Waals surface area contributed by atoms with Gasteiger partial charge in [0, 0.05) is 6.20 Å². The molecular weight excluding hydrogens is 133 g/mol. The van der Waals surface area contributed by atoms with Crippen molar-refractivity contribution >= 4 is 11.5 Å². The van der Waals surface area contributed by atoms with Crippen molar-refractivity contribution in [2.75, 3.05) is 11.5 Å². The maximum absolute atomic E-state index is 12.7. The van der Waals surface area contributed by atoms with E-state index < -0.39 is 5.82 Å². The Balaban J connectivity index is 3.34. The van der Waals surface area contributed by atoms with Gasteiger partial charge in [-0.1, -0.05) is 0 Å². The predicted molar refractivity (Wildman–Crippen MR) is 37.8 cm³/mol. The molecule has 3 nitrogen and oxygen atoms in total. The van der Waals surface area contributed by atoms with Gasteiger partial charge in [0.1, 0.15) is 0 Å². The lowest BCUT2D eigenvalue weighted by Gasteiger charge is -2.01. The fourth-order valence-corrected chi connectivity index (χ4v) is 0.604. The van der Waals surface area contributed by atoms with Crippen molar-refractivity contribution in [1.29, 1.82) is 0 Å². The molecule has 0 amide bonds. The lowest BCUT2D eigenvalue weighted by atomic mass is 10.2. The summed E-state index contributed by atoms with van der Waals surface area (Å²) < 4.78 is 12.7. The Labute approximate surface area is 57.9 Å². The number of aryl methyl sites for hydroxylation is 1. The average molecular weight is 141 g/mol. The first-order valence-corrected chi connectivity index (χ1v) is 2.79. The van der Waals surface area contributed by atoms with E-state index in [4.69, 9.17) is 11.5 Å². The summed E-state index contributed by atoms with van der Waals surface area (Å²) in [7, 11) is 0. The van der Waals surface area contributed by atoms with Crippen molar-refractivity contribution in [3.8, 4) is 0 Å². The molecule has 54 valence electrons. The zero-order valence-electron chi connectivity index (χ0n) is 5.56. The minimum Gasteiger partial charge on any atom is -0.396 e. The van der Waals surface area contributed by atoms with Crippen molar-refractivity contribution in [3.63, 3.8) is 0 Å². The number of nitrogens with zero attached hydrogens (tertiary/aromatic N) is 1. The van der Waals surface area contributed by atoms with E-state index in [1.165, 1.54) is 6.20 Å². The molecule has 0 aromatic carbocycles. The minimum atomic E-state index is -0.625. The molecule has 10 heavy (non-hydrogen) atoms. The lowest BCUT2D eigenvalue weighted by Crippen LogP contribution is -2.01. The Kier molecular flexibility index (Phi) is 1.45. The molecule has 0 saturated heterocycles. The Morgan fingerprint density at radius 1 is 1.50 bits per heavy atom. The van der Waals surface area contributed by atoms with Gasteiger partial charge in [-0.2, -0.15) is 0 Å². The molecule has 1 aromatic heterocycles. The number of hydrogen-bond acceptors (Lipinski definition) is 3. The van der Waals surface area contributed by atoms with Crippen molar-refractivity contribution in [3.05, 3.63) is 17.6 Å². The zero-order valence-corrected chi connectivity index (χ0v) is 5.56. The lowest BCUT2D eigenvalue weighted by molar-refractivity contribution is 0.631. The van der Waals surface area contributed by atoms with E-state index in [1.54, 1.807) is 6.92 Å². The Hall–Kier alpha value is -1.32. The van der Waals surface area contributed by atoms with Gasteiger partial charge in [0.25, 0.3) is 0 Å². The topological polar surface area (TPSA) is 64.9 Å². The van der Waals surface area contributed by atoms with Gasteiger partial charge in [0.05, 0.1) is 5.69 Å². The van der Waals surface area contributed by atoms with Gasteiger partial charge in [0.15, 0.2) is 11.6 Å². The summed E-state index contributed by atoms with van der Waals surface area (Å²) in [6.45, 7) is 1.67. The third kappa shape index (κ3) is 0.877. The maximum Gasteiger partial charge on any atom is 0.188 e. The van der Waals surface area contributed by atoms with Crippen LogP contribution < -0.4 is 11.5 Å². The molecule has 0 atom stereocenters. The van der Waals surface area contributed by atoms with E-state index >= 15 is 0 Å². The minimum absolute atomic E-state index is 0.0764. The molecule has 4 N–H and O–H groups in total. The van der Waals surface area contributed by atoms with Crippen LogP contribution in [0.2, 0.25) is 0 Å². The molecule has 0 aliphatic carbocycles. The van der Waals surface area contributed by atoms with E-state index in [-0.39, 0.29) is 11.5 Å². The van der Waals surface area contributed by atoms with Crippen LogP contribution in [0.5, 0.6) is 0 Å². The number of nitrogens with two attached hydrogens (primary N) is 2. The van der Waals surface area contributed by atoms with E-state index in [0.717, 1.165) is 0 Å². The van der Waals surface area contributed by atoms with Gasteiger partial charge in [-0.25, -0.2) is 9.37 Å². The number of aromatic nitrogens is 1. The van der Waals surface area contributed by atoms with Gasteiger partial charge < -0.3 is 11.5 Å². The second kappa shape index (κ2) is 2.13. The fourth-order valence-electron chi connectivity index (χ4n) is 0.604. The summed E-state index contributed by atoms with van der Waals surface area (Å²) >= 11 is 0. The zero-order chi connectivity index (χ0) is 7.72. The van der Waals surface area contributed by atoms with Crippen LogP contribution in [0.4, 0.5) is 15.9 Å². The first-order chi connectivity index (χ1) is 4.63. The van der Waals surface area contributed by atoms with Crippen molar-refractivity contribution in [2.24, 2.45) is 0 Å². The van der Waals surface area contributed by atoms with Crippen LogP contribution in [-0.4, -0.2) is 4.98 Å². The summed E-state index contributed by atoms with van der Waals surface area (Å²) in [6.07, 6.45) is 1.44. The molecule has 0 aliphatic rings. The van der Waals surface area contributed by atoms with E-state index in [1.807, 2.05) is 0 Å². The van der Waals surface area contributed by atoms with Crippen LogP contribution in [0.15, 0.2) is 6.20 Å². The average Bonchev–Trinajstić information content (AvgIpc) is 1.93. The normalized spacial score (nSPS) is 9.80. The Morgan fingerprint density at radius 2 is 2.10 bits per heavy atom. The first kappa shape index (κ1) is 6.80. The van der Waals surface area contributed by atoms with Crippen molar-refractivity contribution < 1.29 is 4.39 Å². The summed E-state index contributed by atoms with van der Waals surface area (Å²) in [5.74, 6) is -0.775. The molecule has 0 saturated carbocycles. The first-order valence-electron chi connectivity index (χ1n) is 2.79. The highest BCUT2D eigenvalue weighted by Crippen LogP contribution is 2.17. The van der Waals surface area contributed by atoms with Crippen LogP contribution in [0.25, 0.3) is 0 Å². The molecule has 4 heteroatoms. The van der Waals surface area contributed by atoms with Gasteiger partial charge in [-0.15, -0.1) is 0 Å². The molecule has 0 spiro atoms. The van der Waals surface area contributed by atoms with Gasteiger partial charge in [-0.05, 0) is 12.5 Å². The molecule has 1 heterocycles. The Bertz CT molecular complexity index is 232. The third-order valence-electron chi connectivity index (χ3n) is 1.28. The SMILES string of the molecule is Cc1cnc(N)c(F)c1N. The smallest absolute Gasteiger partial charge is 0.188 e. The number of anilines is 2. The number of halogens is 1. The summed E-state index contributed by atoms with van der Waals surface area (Å²) in [4.78, 5) is 3.56. The van der Waals surface area contributed by atoms with Crippen molar-refractivity contribution in [1.82, 2.24) is 4.98 Å². The van der Waals surface area contributed by atoms with Crippen LogP contribution in [0.3, 0.4) is 0 Å². The highest BCUT2D eigenvalue weighted by atomic mass is 19.1. The standard InChI is InChI=1S/C6H8FN3/c1-3-2-10-6(9)4(7)5(3)8/h2H,1H3,(H4,8,9,10). The van der Waals surface area contributed by atoms with Gasteiger partial charge in [-0.3, -0.25) is 0 Å². The Morgan fingerprint density at radius 3 is 2.60 bits per heavy atom. The second-order valence-electron chi connectivity index (χ2n) is 2.05. The molecule has 1 rings (SSSR count). The quantitative estimate of drug-likeness (QED) is 0.558. The fraction of sp³-hybridized carbons (Fsp3) is 0.167. The second-order valence-corrected chi connectivity index (χ2v) is 2.05. The molecule has 0 aliphatic heterocycles. The summed E-state index contributed by atoms with van der Waals surface area (Å²) in [5, 5.41) is 0. The molecule has 0 fully saturated rings. The molecule has 0 bridgehead atoms. The number of hydrogen-bond donors (Lipinski definition) is 2. The van der Waals surface area contributed by atoms with Crippen LogP contribution >= 0.6 is 0 Å². The third-order valence-corrected chi connectivity index (χ3v) is 1.28.